The molecular weight excluding hydrogens is 426 g/mol. The Balaban J connectivity index is 2.06. The smallest absolute Gasteiger partial charge is 0.351 e. The fraction of sp³-hybridized carbons (Fsp3) is 0.714. The summed E-state index contributed by atoms with van der Waals surface area (Å²) in [5.74, 6) is -0.503. The van der Waals surface area contributed by atoms with Crippen LogP contribution in [0.4, 0.5) is 5.82 Å². The van der Waals surface area contributed by atoms with Gasteiger partial charge < -0.3 is 30.4 Å². The lowest BCUT2D eigenvalue weighted by atomic mass is 10.1. The molecule has 1 fully saturated rings. The average molecular weight is 452 g/mol. The fourth-order valence-electron chi connectivity index (χ4n) is 2.42. The molecule has 1 aromatic heterocycles. The third kappa shape index (κ3) is 6.77. The molecule has 0 radical (unpaired) electrons. The van der Waals surface area contributed by atoms with Crippen molar-refractivity contribution in [2.75, 3.05) is 18.3 Å². The number of hydrogen-bond donors (Lipinski definition) is 3. The zero-order chi connectivity index (χ0) is 20.9. The minimum atomic E-state index is -3.96. The van der Waals surface area contributed by atoms with Crippen molar-refractivity contribution in [2.24, 2.45) is 5.73 Å². The Bertz CT molecular complexity index is 755. The molecule has 2 heterocycles. The van der Waals surface area contributed by atoms with Crippen molar-refractivity contribution in [3.63, 3.8) is 0 Å². The predicted molar refractivity (Wildman–Crippen MR) is 114 cm³/mol. The first-order valence-corrected chi connectivity index (χ1v) is 12.8. The molecule has 10 nitrogen and oxygen atoms in total. The summed E-state index contributed by atoms with van der Waals surface area (Å²) >= 11 is 0. The molecule has 158 valence electrons. The van der Waals surface area contributed by atoms with Crippen molar-refractivity contribution >= 4 is 42.8 Å². The molecule has 6 atom stereocenters. The number of nitrogen functional groups attached to an aromatic ring is 1. The molecule has 1 aliphatic rings. The van der Waals surface area contributed by atoms with Crippen molar-refractivity contribution in [1.82, 2.24) is 9.55 Å². The van der Waals surface area contributed by atoms with E-state index in [4.69, 9.17) is 25.5 Å². The Hall–Kier alpha value is -0.525. The van der Waals surface area contributed by atoms with Gasteiger partial charge in [-0.25, -0.2) is 4.79 Å². The molecule has 14 heteroatoms. The minimum Gasteiger partial charge on any atom is -0.383 e. The predicted octanol–water partition coefficient (Wildman–Crippen LogP) is 0.323. The maximum Gasteiger partial charge on any atom is 0.351 e. The molecule has 0 amide bonds. The lowest BCUT2D eigenvalue weighted by molar-refractivity contribution is -0.0521. The highest BCUT2D eigenvalue weighted by atomic mass is 33.1. The topological polar surface area (TPSA) is 152 Å². The summed E-state index contributed by atoms with van der Waals surface area (Å²) < 4.78 is 30.2. The van der Waals surface area contributed by atoms with Gasteiger partial charge in [0.15, 0.2) is 0 Å². The number of ether oxygens (including phenoxy) is 2. The average Bonchev–Trinajstić information content (AvgIpc) is 2.99. The number of anilines is 1. The largest absolute Gasteiger partial charge is 0.383 e. The number of rotatable bonds is 10. The normalized spacial score (nSPS) is 26.6. The molecule has 4 unspecified atom stereocenters. The molecule has 28 heavy (non-hydrogen) atoms. The standard InChI is InChI=1S/C14H26BN4O6PS2/c1-8(15)28-27-7-23-10-5-13(19-4-3-12(17)18-14(19)20)25-11(10)6-24-26(21,22)9(2)16/h3-4,8-11,13H,5-7,15-16H2,1-2H3,(H,21,22)(H2,17,18,20)/t8?,9?,10-,11?,13-/m1/s1. The summed E-state index contributed by atoms with van der Waals surface area (Å²) in [6, 6.07) is 1.50. The maximum atomic E-state index is 12.1. The Kier molecular flexibility index (Phi) is 8.90. The number of aromatic nitrogens is 2. The van der Waals surface area contributed by atoms with Crippen molar-refractivity contribution in [1.29, 1.82) is 0 Å². The van der Waals surface area contributed by atoms with E-state index in [0.717, 1.165) is 0 Å². The van der Waals surface area contributed by atoms with E-state index < -0.39 is 37.5 Å². The van der Waals surface area contributed by atoms with Gasteiger partial charge in [0.05, 0.1) is 12.7 Å². The van der Waals surface area contributed by atoms with Crippen LogP contribution in [-0.2, 0) is 18.6 Å². The summed E-state index contributed by atoms with van der Waals surface area (Å²) in [6.45, 7) is 3.29. The van der Waals surface area contributed by atoms with Crippen molar-refractivity contribution < 1.29 is 23.5 Å². The lowest BCUT2D eigenvalue weighted by Crippen LogP contribution is -2.30. The van der Waals surface area contributed by atoms with Gasteiger partial charge in [-0.05, 0) is 18.1 Å². The van der Waals surface area contributed by atoms with E-state index in [1.807, 2.05) is 0 Å². The molecule has 0 spiro atoms. The van der Waals surface area contributed by atoms with Crippen LogP contribution in [0.25, 0.3) is 0 Å². The summed E-state index contributed by atoms with van der Waals surface area (Å²) in [4.78, 5) is 25.6. The van der Waals surface area contributed by atoms with Crippen LogP contribution in [0.2, 0.25) is 0 Å². The van der Waals surface area contributed by atoms with Crippen LogP contribution in [0.15, 0.2) is 17.1 Å². The zero-order valence-electron chi connectivity index (χ0n) is 16.0. The van der Waals surface area contributed by atoms with Crippen molar-refractivity contribution in [3.8, 4) is 0 Å². The van der Waals surface area contributed by atoms with Gasteiger partial charge in [0.2, 0.25) is 0 Å². The lowest BCUT2D eigenvalue weighted by Gasteiger charge is -2.22. The second-order valence-corrected chi connectivity index (χ2v) is 11.7. The monoisotopic (exact) mass is 452 g/mol. The fourth-order valence-corrected chi connectivity index (χ4v) is 4.72. The maximum absolute atomic E-state index is 12.1. The summed E-state index contributed by atoms with van der Waals surface area (Å²) in [6.07, 6.45) is 0.148. The van der Waals surface area contributed by atoms with E-state index in [-0.39, 0.29) is 12.4 Å². The first kappa shape index (κ1) is 23.8. The molecule has 2 rings (SSSR count). The molecule has 1 saturated heterocycles. The highest BCUT2D eigenvalue weighted by Gasteiger charge is 2.39. The van der Waals surface area contributed by atoms with Gasteiger partial charge in [0.1, 0.15) is 37.7 Å². The van der Waals surface area contributed by atoms with Crippen LogP contribution in [0.5, 0.6) is 0 Å². The second kappa shape index (κ2) is 10.5. The van der Waals surface area contributed by atoms with Gasteiger partial charge in [-0.15, -0.1) is 0 Å². The molecule has 1 aromatic rings. The van der Waals surface area contributed by atoms with Crippen molar-refractivity contribution in [3.05, 3.63) is 22.7 Å². The molecule has 0 saturated carbocycles. The molecule has 0 aromatic carbocycles. The van der Waals surface area contributed by atoms with Crippen molar-refractivity contribution in [2.45, 2.75) is 49.6 Å². The number of nitrogens with two attached hydrogens (primary N) is 2. The van der Waals surface area contributed by atoms with Crippen LogP contribution < -0.4 is 17.2 Å². The molecule has 1 aliphatic heterocycles. The Labute approximate surface area is 172 Å². The quantitative estimate of drug-likeness (QED) is 0.148. The van der Waals surface area contributed by atoms with E-state index in [1.165, 1.54) is 23.8 Å². The Morgan fingerprint density at radius 2 is 2.29 bits per heavy atom. The van der Waals surface area contributed by atoms with Gasteiger partial charge in [-0.2, -0.15) is 4.98 Å². The third-order valence-electron chi connectivity index (χ3n) is 3.87. The van der Waals surface area contributed by atoms with E-state index in [2.05, 4.69) is 19.8 Å². The molecular formula is C14H26BN4O6PS2. The molecule has 0 aliphatic carbocycles. The van der Waals surface area contributed by atoms with Crippen LogP contribution in [0, 0.1) is 0 Å². The van der Waals surface area contributed by atoms with Gasteiger partial charge in [-0.1, -0.05) is 28.5 Å². The zero-order valence-corrected chi connectivity index (χ0v) is 18.5. The van der Waals surface area contributed by atoms with Gasteiger partial charge in [-0.3, -0.25) is 9.13 Å². The van der Waals surface area contributed by atoms with E-state index >= 15 is 0 Å². The van der Waals surface area contributed by atoms with E-state index in [0.29, 0.717) is 17.5 Å². The SMILES string of the molecule is BC(C)SSCO[C@@H]1C[C@H](n2ccc(N)nc2=O)OC1COP(=O)(O)C(C)N. The first-order valence-electron chi connectivity index (χ1n) is 8.72. The molecule has 0 bridgehead atoms. The summed E-state index contributed by atoms with van der Waals surface area (Å²) in [5, 5.41) is 0.450. The van der Waals surface area contributed by atoms with Gasteiger partial charge >= 0.3 is 13.3 Å². The number of nitrogens with zero attached hydrogens (tertiary/aromatic N) is 2. The number of hydrogen-bond acceptors (Lipinski definition) is 10. The highest BCUT2D eigenvalue weighted by Crippen LogP contribution is 2.46. The first-order chi connectivity index (χ1) is 13.1. The van der Waals surface area contributed by atoms with Crippen LogP contribution >= 0.6 is 29.2 Å². The van der Waals surface area contributed by atoms with Crippen LogP contribution in [0.1, 0.15) is 26.5 Å². The Morgan fingerprint density at radius 3 is 2.89 bits per heavy atom. The highest BCUT2D eigenvalue weighted by molar-refractivity contribution is 8.77. The second-order valence-electron chi connectivity index (χ2n) is 6.59. The summed E-state index contributed by atoms with van der Waals surface area (Å²) in [5.41, 5.74) is 10.5. The van der Waals surface area contributed by atoms with E-state index in [1.54, 1.807) is 21.6 Å². The van der Waals surface area contributed by atoms with Gasteiger partial charge in [0, 0.05) is 12.6 Å². The minimum absolute atomic E-state index is 0.118. The summed E-state index contributed by atoms with van der Waals surface area (Å²) in [7, 11) is 1.35. The third-order valence-corrected chi connectivity index (χ3v) is 8.02. The van der Waals surface area contributed by atoms with Crippen LogP contribution in [0.3, 0.4) is 0 Å². The van der Waals surface area contributed by atoms with Crippen LogP contribution in [-0.4, -0.2) is 58.0 Å². The van der Waals surface area contributed by atoms with Gasteiger partial charge in [0.25, 0.3) is 0 Å². The Morgan fingerprint density at radius 1 is 1.57 bits per heavy atom. The molecule has 5 N–H and O–H groups in total. The van der Waals surface area contributed by atoms with E-state index in [9.17, 15) is 14.3 Å².